The molecule has 6 heteroatoms. The van der Waals surface area contributed by atoms with Crippen LogP contribution in [0.5, 0.6) is 5.75 Å². The second-order valence-electron chi connectivity index (χ2n) is 7.51. The first-order chi connectivity index (χ1) is 14.4. The van der Waals surface area contributed by atoms with E-state index in [0.29, 0.717) is 35.6 Å². The van der Waals surface area contributed by atoms with Crippen LogP contribution in [0.3, 0.4) is 0 Å². The number of amides is 1. The zero-order valence-corrected chi connectivity index (χ0v) is 16.8. The van der Waals surface area contributed by atoms with Gasteiger partial charge >= 0.3 is 5.97 Å². The zero-order valence-electron chi connectivity index (χ0n) is 16.8. The van der Waals surface area contributed by atoms with Gasteiger partial charge in [0, 0.05) is 18.2 Å². The predicted molar refractivity (Wildman–Crippen MR) is 112 cm³/mol. The van der Waals surface area contributed by atoms with Crippen molar-refractivity contribution in [1.82, 2.24) is 10.3 Å². The number of carboxylic acid groups (broad SMARTS) is 1. The van der Waals surface area contributed by atoms with Crippen molar-refractivity contribution in [3.63, 3.8) is 0 Å². The minimum Gasteiger partial charge on any atom is -0.491 e. The summed E-state index contributed by atoms with van der Waals surface area (Å²) in [6.07, 6.45) is 2.21. The van der Waals surface area contributed by atoms with Gasteiger partial charge < -0.3 is 15.2 Å². The van der Waals surface area contributed by atoms with E-state index in [-0.39, 0.29) is 11.5 Å². The minimum absolute atomic E-state index is 0.179. The van der Waals surface area contributed by atoms with Gasteiger partial charge in [0.1, 0.15) is 17.0 Å². The second-order valence-corrected chi connectivity index (χ2v) is 7.51. The quantitative estimate of drug-likeness (QED) is 0.692. The van der Waals surface area contributed by atoms with Crippen molar-refractivity contribution in [3.05, 3.63) is 94.3 Å². The van der Waals surface area contributed by atoms with E-state index >= 15 is 0 Å². The Kier molecular flexibility index (Phi) is 4.99. The number of nitrogens with zero attached hydrogens (tertiary/aromatic N) is 1. The third kappa shape index (κ3) is 3.41. The number of fused-ring (bicyclic) bond motifs is 1. The van der Waals surface area contributed by atoms with Crippen LogP contribution in [0, 0.1) is 13.8 Å². The van der Waals surface area contributed by atoms with Gasteiger partial charge in [0.2, 0.25) is 0 Å². The number of aromatic carboxylic acids is 1. The van der Waals surface area contributed by atoms with E-state index in [1.807, 2.05) is 37.3 Å². The monoisotopic (exact) mass is 402 g/mol. The lowest BCUT2D eigenvalue weighted by atomic mass is 9.81. The minimum atomic E-state index is -1.02. The molecule has 3 aromatic rings. The summed E-state index contributed by atoms with van der Waals surface area (Å²) in [7, 11) is 0. The fraction of sp³-hybridized carbons (Fsp3) is 0.208. The summed E-state index contributed by atoms with van der Waals surface area (Å²) in [5, 5.41) is 12.4. The number of aromatic nitrogens is 1. The number of carbonyl (C=O) groups is 2. The van der Waals surface area contributed by atoms with E-state index in [1.54, 1.807) is 25.3 Å². The number of benzene rings is 2. The largest absolute Gasteiger partial charge is 0.491 e. The molecule has 0 spiro atoms. The first-order valence-corrected chi connectivity index (χ1v) is 9.72. The van der Waals surface area contributed by atoms with E-state index in [0.717, 1.165) is 11.1 Å². The van der Waals surface area contributed by atoms with Crippen molar-refractivity contribution in [2.24, 2.45) is 0 Å². The molecule has 2 aromatic carbocycles. The molecule has 0 aliphatic carbocycles. The Bertz CT molecular complexity index is 1120. The molecule has 1 aromatic heterocycles. The topological polar surface area (TPSA) is 88.5 Å². The smallest absolute Gasteiger partial charge is 0.335 e. The first kappa shape index (κ1) is 19.6. The van der Waals surface area contributed by atoms with Gasteiger partial charge in [-0.3, -0.25) is 9.78 Å². The van der Waals surface area contributed by atoms with Gasteiger partial charge in [-0.2, -0.15) is 0 Å². The van der Waals surface area contributed by atoms with Crippen LogP contribution >= 0.6 is 0 Å². The number of pyridine rings is 1. The van der Waals surface area contributed by atoms with Gasteiger partial charge in [0.05, 0.1) is 12.2 Å². The molecule has 1 atom stereocenters. The van der Waals surface area contributed by atoms with Crippen LogP contribution in [0.2, 0.25) is 0 Å². The Morgan fingerprint density at radius 1 is 1.10 bits per heavy atom. The van der Waals surface area contributed by atoms with Crippen LogP contribution in [0.15, 0.2) is 60.8 Å². The normalized spacial score (nSPS) is 17.5. The molecule has 6 nitrogen and oxygen atoms in total. The number of rotatable bonds is 4. The van der Waals surface area contributed by atoms with Gasteiger partial charge in [0.15, 0.2) is 0 Å². The molecule has 1 aliphatic heterocycles. The predicted octanol–water partition coefficient (Wildman–Crippen LogP) is 3.85. The average Bonchev–Trinajstić information content (AvgIpc) is 2.74. The molecule has 152 valence electrons. The van der Waals surface area contributed by atoms with E-state index in [4.69, 9.17) is 4.74 Å². The summed E-state index contributed by atoms with van der Waals surface area (Å²) in [4.78, 5) is 29.1. The average molecular weight is 402 g/mol. The summed E-state index contributed by atoms with van der Waals surface area (Å²) >= 11 is 0. The maximum Gasteiger partial charge on any atom is 0.335 e. The highest BCUT2D eigenvalue weighted by molar-refractivity contribution is 5.97. The van der Waals surface area contributed by atoms with Gasteiger partial charge in [0.25, 0.3) is 5.91 Å². The third-order valence-electron chi connectivity index (χ3n) is 5.50. The van der Waals surface area contributed by atoms with Crippen LogP contribution in [0.4, 0.5) is 0 Å². The standard InChI is InChI=1S/C24H22N2O4/c1-15-5-8-18(9-6-15)24(11-13-30-20-4-3-12-25-21(20)24)26-22(27)17-7-10-19(23(28)29)16(2)14-17/h3-10,12,14H,11,13H2,1-2H3,(H,26,27)(H,28,29)/t24-/m0/s1. The molecule has 0 saturated carbocycles. The second kappa shape index (κ2) is 7.63. The summed E-state index contributed by atoms with van der Waals surface area (Å²) in [5.74, 6) is -0.672. The number of ether oxygens (including phenoxy) is 1. The number of hydrogen-bond acceptors (Lipinski definition) is 4. The third-order valence-corrected chi connectivity index (χ3v) is 5.50. The van der Waals surface area contributed by atoms with Crippen molar-refractivity contribution >= 4 is 11.9 Å². The van der Waals surface area contributed by atoms with E-state index in [9.17, 15) is 14.7 Å². The lowest BCUT2D eigenvalue weighted by Crippen LogP contribution is -2.50. The van der Waals surface area contributed by atoms with Gasteiger partial charge in [-0.1, -0.05) is 29.8 Å². The molecule has 0 radical (unpaired) electrons. The SMILES string of the molecule is Cc1ccc([C@@]2(NC(=O)c3ccc(C(=O)O)c(C)c3)CCOc3cccnc32)cc1. The molecule has 0 saturated heterocycles. The number of hydrogen-bond donors (Lipinski definition) is 2. The summed E-state index contributed by atoms with van der Waals surface area (Å²) < 4.78 is 5.79. The van der Waals surface area contributed by atoms with Gasteiger partial charge in [-0.25, -0.2) is 4.79 Å². The van der Waals surface area contributed by atoms with E-state index in [2.05, 4.69) is 10.3 Å². The van der Waals surface area contributed by atoms with Crippen molar-refractivity contribution in [2.75, 3.05) is 6.61 Å². The number of carboxylic acids is 1. The molecule has 0 fully saturated rings. The lowest BCUT2D eigenvalue weighted by molar-refractivity contribution is 0.0695. The lowest BCUT2D eigenvalue weighted by Gasteiger charge is -2.39. The molecule has 2 N–H and O–H groups in total. The molecule has 1 amide bonds. The van der Waals surface area contributed by atoms with Gasteiger partial charge in [-0.15, -0.1) is 0 Å². The fourth-order valence-corrected chi connectivity index (χ4v) is 3.88. The van der Waals surface area contributed by atoms with Crippen molar-refractivity contribution in [3.8, 4) is 5.75 Å². The Labute approximate surface area is 174 Å². The molecule has 30 heavy (non-hydrogen) atoms. The highest BCUT2D eigenvalue weighted by atomic mass is 16.5. The fourth-order valence-electron chi connectivity index (χ4n) is 3.88. The van der Waals surface area contributed by atoms with E-state index < -0.39 is 11.5 Å². The Morgan fingerprint density at radius 2 is 1.87 bits per heavy atom. The van der Waals surface area contributed by atoms with Crippen molar-refractivity contribution in [1.29, 1.82) is 0 Å². The molecule has 2 heterocycles. The maximum atomic E-state index is 13.3. The molecule has 0 bridgehead atoms. The highest BCUT2D eigenvalue weighted by Gasteiger charge is 2.42. The Hall–Kier alpha value is -3.67. The molecular formula is C24H22N2O4. The Balaban J connectivity index is 1.79. The number of nitrogens with one attached hydrogen (secondary N) is 1. The van der Waals surface area contributed by atoms with Crippen LogP contribution in [0.25, 0.3) is 0 Å². The van der Waals surface area contributed by atoms with Crippen LogP contribution in [0.1, 0.15) is 49.5 Å². The highest BCUT2D eigenvalue weighted by Crippen LogP contribution is 2.40. The number of carbonyl (C=O) groups excluding carboxylic acids is 1. The van der Waals surface area contributed by atoms with Crippen LogP contribution < -0.4 is 10.1 Å². The summed E-state index contributed by atoms with van der Waals surface area (Å²) in [6.45, 7) is 4.13. The maximum absolute atomic E-state index is 13.3. The first-order valence-electron chi connectivity index (χ1n) is 9.72. The molecule has 4 rings (SSSR count). The van der Waals surface area contributed by atoms with E-state index in [1.165, 1.54) is 12.1 Å². The Morgan fingerprint density at radius 3 is 2.57 bits per heavy atom. The number of aryl methyl sites for hydroxylation is 2. The molecule has 0 unspecified atom stereocenters. The summed E-state index contributed by atoms with van der Waals surface area (Å²) in [5.41, 5.74) is 2.96. The molecular weight excluding hydrogens is 380 g/mol. The van der Waals surface area contributed by atoms with Crippen molar-refractivity contribution < 1.29 is 19.4 Å². The molecule has 1 aliphatic rings. The van der Waals surface area contributed by atoms with Crippen LogP contribution in [-0.4, -0.2) is 28.6 Å². The zero-order chi connectivity index (χ0) is 21.3. The van der Waals surface area contributed by atoms with Gasteiger partial charge in [-0.05, 0) is 55.3 Å². The van der Waals surface area contributed by atoms with Crippen molar-refractivity contribution in [2.45, 2.75) is 25.8 Å². The summed E-state index contributed by atoms with van der Waals surface area (Å²) in [6, 6.07) is 16.3. The van der Waals surface area contributed by atoms with Crippen LogP contribution in [-0.2, 0) is 5.54 Å².